The van der Waals surface area contributed by atoms with Crippen molar-refractivity contribution in [3.05, 3.63) is 15.6 Å². The molecule has 1 aromatic heterocycles. The van der Waals surface area contributed by atoms with Gasteiger partial charge in [0.05, 0.1) is 12.2 Å². The first-order valence-electron chi connectivity index (χ1n) is 6.06. The number of amides is 1. The van der Waals surface area contributed by atoms with Gasteiger partial charge in [-0.15, -0.1) is 11.3 Å². The van der Waals surface area contributed by atoms with Crippen molar-refractivity contribution in [3.63, 3.8) is 0 Å². The third kappa shape index (κ3) is 3.30. The molecular weight excluding hydrogens is 268 g/mol. The topological polar surface area (TPSA) is 88.5 Å². The third-order valence-electron chi connectivity index (χ3n) is 3.07. The van der Waals surface area contributed by atoms with Crippen LogP contribution in [0.15, 0.2) is 0 Å². The van der Waals surface area contributed by atoms with Crippen molar-refractivity contribution in [3.8, 4) is 0 Å². The minimum Gasteiger partial charge on any atom is -0.479 e. The van der Waals surface area contributed by atoms with Crippen molar-refractivity contribution in [2.45, 2.75) is 45.4 Å². The van der Waals surface area contributed by atoms with E-state index in [1.54, 1.807) is 11.3 Å². The van der Waals surface area contributed by atoms with Crippen molar-refractivity contribution in [1.82, 2.24) is 10.3 Å². The lowest BCUT2D eigenvalue weighted by molar-refractivity contribution is -0.151. The number of nitrogens with one attached hydrogen (secondary N) is 1. The summed E-state index contributed by atoms with van der Waals surface area (Å²) in [7, 11) is 0. The molecule has 7 heteroatoms. The maximum absolute atomic E-state index is 11.8. The summed E-state index contributed by atoms with van der Waals surface area (Å²) in [4.78, 5) is 28.0. The maximum atomic E-state index is 11.8. The van der Waals surface area contributed by atoms with Crippen LogP contribution in [0.1, 0.15) is 28.4 Å². The number of aromatic nitrogens is 1. The van der Waals surface area contributed by atoms with E-state index in [-0.39, 0.29) is 5.91 Å². The first-order chi connectivity index (χ1) is 8.97. The molecular formula is C12H16N2O4S. The zero-order chi connectivity index (χ0) is 14.0. The zero-order valence-electron chi connectivity index (χ0n) is 10.8. The van der Waals surface area contributed by atoms with Gasteiger partial charge >= 0.3 is 5.97 Å². The largest absolute Gasteiger partial charge is 0.479 e. The zero-order valence-corrected chi connectivity index (χ0v) is 11.6. The lowest BCUT2D eigenvalue weighted by atomic mass is 10.2. The quantitative estimate of drug-likeness (QED) is 0.861. The third-order valence-corrected chi connectivity index (χ3v) is 4.15. The molecule has 2 heterocycles. The number of hydrogen-bond acceptors (Lipinski definition) is 5. The molecule has 2 atom stereocenters. The molecule has 0 spiro atoms. The Morgan fingerprint density at radius 2 is 2.11 bits per heavy atom. The Morgan fingerprint density at radius 1 is 1.42 bits per heavy atom. The van der Waals surface area contributed by atoms with Gasteiger partial charge in [-0.3, -0.25) is 4.79 Å². The predicted molar refractivity (Wildman–Crippen MR) is 69.0 cm³/mol. The van der Waals surface area contributed by atoms with E-state index in [9.17, 15) is 9.59 Å². The molecule has 104 valence electrons. The Bertz CT molecular complexity index is 480. The molecule has 0 aromatic carbocycles. The van der Waals surface area contributed by atoms with Crippen LogP contribution < -0.4 is 5.32 Å². The highest BCUT2D eigenvalue weighted by molar-refractivity contribution is 7.11. The number of carbonyl (C=O) groups is 2. The second-order valence-electron chi connectivity index (χ2n) is 4.50. The predicted octanol–water partition coefficient (Wildman–Crippen LogP) is 1.01. The van der Waals surface area contributed by atoms with Gasteiger partial charge in [-0.25, -0.2) is 9.78 Å². The highest BCUT2D eigenvalue weighted by Crippen LogP contribution is 2.20. The SMILES string of the molecule is Cc1nc(CNC(=O)[C@@H]2CC[C@H](C(=O)O)O2)sc1C. The van der Waals surface area contributed by atoms with E-state index in [0.29, 0.717) is 19.4 Å². The number of hydrogen-bond donors (Lipinski definition) is 2. The Hall–Kier alpha value is -1.47. The Labute approximate surface area is 114 Å². The van der Waals surface area contributed by atoms with Gasteiger partial charge in [0.2, 0.25) is 5.91 Å². The van der Waals surface area contributed by atoms with Crippen LogP contribution in [-0.4, -0.2) is 34.2 Å². The van der Waals surface area contributed by atoms with Crippen molar-refractivity contribution < 1.29 is 19.4 Å². The molecule has 0 bridgehead atoms. The minimum absolute atomic E-state index is 0.269. The summed E-state index contributed by atoms with van der Waals surface area (Å²) in [5, 5.41) is 12.4. The fourth-order valence-corrected chi connectivity index (χ4v) is 2.78. The molecule has 0 radical (unpaired) electrons. The van der Waals surface area contributed by atoms with E-state index < -0.39 is 18.2 Å². The fraction of sp³-hybridized carbons (Fsp3) is 0.583. The van der Waals surface area contributed by atoms with Crippen LogP contribution in [0.4, 0.5) is 0 Å². The summed E-state index contributed by atoms with van der Waals surface area (Å²) in [5.41, 5.74) is 0.970. The van der Waals surface area contributed by atoms with E-state index in [1.807, 2.05) is 13.8 Å². The number of carbonyl (C=O) groups excluding carboxylic acids is 1. The van der Waals surface area contributed by atoms with Crippen LogP contribution in [0.25, 0.3) is 0 Å². The standard InChI is InChI=1S/C12H16N2O4S/c1-6-7(2)19-10(14-6)5-13-11(15)8-3-4-9(18-8)12(16)17/h8-9H,3-5H2,1-2H3,(H,13,15)(H,16,17)/t8-,9+/m0/s1. The first kappa shape index (κ1) is 14.0. The Balaban J connectivity index is 1.83. The Morgan fingerprint density at radius 3 is 2.63 bits per heavy atom. The summed E-state index contributed by atoms with van der Waals surface area (Å²) >= 11 is 1.54. The van der Waals surface area contributed by atoms with E-state index in [2.05, 4.69) is 10.3 Å². The molecule has 0 saturated carbocycles. The second kappa shape index (κ2) is 5.66. The van der Waals surface area contributed by atoms with Gasteiger partial charge in [-0.1, -0.05) is 0 Å². The van der Waals surface area contributed by atoms with Gasteiger partial charge in [0.25, 0.3) is 0 Å². The molecule has 1 aliphatic rings. The number of thiazole rings is 1. The van der Waals surface area contributed by atoms with Crippen molar-refractivity contribution in [2.24, 2.45) is 0 Å². The number of ether oxygens (including phenoxy) is 1. The number of carboxylic acid groups (broad SMARTS) is 1. The number of carboxylic acids is 1. The van der Waals surface area contributed by atoms with Crippen LogP contribution in [0.3, 0.4) is 0 Å². The molecule has 1 saturated heterocycles. The summed E-state index contributed by atoms with van der Waals surface area (Å²) in [6.07, 6.45) is -0.704. The highest BCUT2D eigenvalue weighted by atomic mass is 32.1. The monoisotopic (exact) mass is 284 g/mol. The van der Waals surface area contributed by atoms with Crippen LogP contribution in [0, 0.1) is 13.8 Å². The molecule has 1 aromatic rings. The summed E-state index contributed by atoms with van der Waals surface area (Å²) in [6.45, 7) is 4.26. The van der Waals surface area contributed by atoms with Gasteiger partial charge in [0, 0.05) is 4.88 Å². The van der Waals surface area contributed by atoms with Crippen molar-refractivity contribution in [1.29, 1.82) is 0 Å². The lowest BCUT2D eigenvalue weighted by Gasteiger charge is -2.10. The van der Waals surface area contributed by atoms with Gasteiger partial charge in [0.15, 0.2) is 6.10 Å². The van der Waals surface area contributed by atoms with Crippen molar-refractivity contribution in [2.75, 3.05) is 0 Å². The molecule has 0 unspecified atom stereocenters. The van der Waals surface area contributed by atoms with E-state index in [4.69, 9.17) is 9.84 Å². The average molecular weight is 284 g/mol. The van der Waals surface area contributed by atoms with Crippen LogP contribution in [0.5, 0.6) is 0 Å². The van der Waals surface area contributed by atoms with Gasteiger partial charge in [-0.2, -0.15) is 0 Å². The first-order valence-corrected chi connectivity index (χ1v) is 6.88. The average Bonchev–Trinajstić information content (AvgIpc) is 2.95. The minimum atomic E-state index is -1.01. The highest BCUT2D eigenvalue weighted by Gasteiger charge is 2.34. The van der Waals surface area contributed by atoms with Gasteiger partial charge in [-0.05, 0) is 26.7 Å². The van der Waals surface area contributed by atoms with Crippen molar-refractivity contribution >= 4 is 23.2 Å². The van der Waals surface area contributed by atoms with Crippen LogP contribution >= 0.6 is 11.3 Å². The molecule has 1 amide bonds. The van der Waals surface area contributed by atoms with Gasteiger partial charge < -0.3 is 15.2 Å². The summed E-state index contributed by atoms with van der Waals surface area (Å²) in [6, 6.07) is 0. The lowest BCUT2D eigenvalue weighted by Crippen LogP contribution is -2.35. The van der Waals surface area contributed by atoms with Crippen LogP contribution in [-0.2, 0) is 20.9 Å². The van der Waals surface area contributed by atoms with E-state index >= 15 is 0 Å². The number of aryl methyl sites for hydroxylation is 2. The summed E-state index contributed by atoms with van der Waals surface area (Å²) < 4.78 is 5.17. The summed E-state index contributed by atoms with van der Waals surface area (Å²) in [5.74, 6) is -1.28. The number of aliphatic carboxylic acids is 1. The molecule has 1 aliphatic heterocycles. The van der Waals surface area contributed by atoms with Crippen LogP contribution in [0.2, 0.25) is 0 Å². The van der Waals surface area contributed by atoms with E-state index in [1.165, 1.54) is 0 Å². The normalized spacial score (nSPS) is 22.4. The Kier molecular flexibility index (Phi) is 4.16. The molecule has 1 fully saturated rings. The fourth-order valence-electron chi connectivity index (χ4n) is 1.90. The molecule has 0 aliphatic carbocycles. The van der Waals surface area contributed by atoms with E-state index in [0.717, 1.165) is 15.6 Å². The maximum Gasteiger partial charge on any atom is 0.332 e. The number of rotatable bonds is 4. The smallest absolute Gasteiger partial charge is 0.332 e. The molecule has 2 N–H and O–H groups in total. The molecule has 19 heavy (non-hydrogen) atoms. The molecule has 2 rings (SSSR count). The molecule has 6 nitrogen and oxygen atoms in total. The van der Waals surface area contributed by atoms with Gasteiger partial charge in [0.1, 0.15) is 11.1 Å². The second-order valence-corrected chi connectivity index (χ2v) is 5.78. The number of nitrogens with zero attached hydrogens (tertiary/aromatic N) is 1.